The fourth-order valence-electron chi connectivity index (χ4n) is 0.878. The van der Waals surface area contributed by atoms with Crippen LogP contribution in [-0.4, -0.2) is 35.4 Å². The fourth-order valence-corrected chi connectivity index (χ4v) is 0.878. The molecule has 0 spiro atoms. The van der Waals surface area contributed by atoms with Crippen LogP contribution in [0.1, 0.15) is 27.2 Å². The van der Waals surface area contributed by atoms with E-state index >= 15 is 0 Å². The van der Waals surface area contributed by atoms with Crippen molar-refractivity contribution in [2.24, 2.45) is 5.73 Å². The normalized spacial score (nSPS) is 13.1. The van der Waals surface area contributed by atoms with Crippen LogP contribution in [0.5, 0.6) is 0 Å². The quantitative estimate of drug-likeness (QED) is 0.605. The smallest absolute Gasteiger partial charge is 0.407 e. The van der Waals surface area contributed by atoms with Crippen LogP contribution in [0.25, 0.3) is 0 Å². The van der Waals surface area contributed by atoms with Crippen LogP contribution in [0.2, 0.25) is 0 Å². The highest BCUT2D eigenvalue weighted by atomic mass is 16.6. The second-order valence-corrected chi connectivity index (χ2v) is 4.20. The van der Waals surface area contributed by atoms with Crippen molar-refractivity contribution in [3.8, 4) is 0 Å². The number of hydrogen-bond acceptors (Lipinski definition) is 4. The number of aliphatic hydroxyl groups excluding tert-OH is 1. The molecule has 0 aromatic heterocycles. The number of primary amides is 1. The van der Waals surface area contributed by atoms with Gasteiger partial charge in [0.2, 0.25) is 5.91 Å². The molecular formula is C9H18N2O4. The van der Waals surface area contributed by atoms with E-state index in [0.29, 0.717) is 0 Å². The number of amides is 2. The molecule has 0 saturated carbocycles. The number of rotatable bonds is 4. The van der Waals surface area contributed by atoms with E-state index in [4.69, 9.17) is 15.6 Å². The molecule has 0 radical (unpaired) electrons. The Morgan fingerprint density at radius 1 is 1.47 bits per heavy atom. The Balaban J connectivity index is 4.07. The van der Waals surface area contributed by atoms with Crippen molar-refractivity contribution < 1.29 is 19.4 Å². The Morgan fingerprint density at radius 2 is 2.00 bits per heavy atom. The number of hydrogen-bond donors (Lipinski definition) is 3. The van der Waals surface area contributed by atoms with Gasteiger partial charge in [-0.3, -0.25) is 4.79 Å². The van der Waals surface area contributed by atoms with Gasteiger partial charge < -0.3 is 20.9 Å². The first-order valence-electron chi connectivity index (χ1n) is 4.63. The number of ether oxygens (including phenoxy) is 1. The van der Waals surface area contributed by atoms with E-state index in [2.05, 4.69) is 5.32 Å². The van der Waals surface area contributed by atoms with Crippen molar-refractivity contribution in [3.63, 3.8) is 0 Å². The molecule has 0 heterocycles. The van der Waals surface area contributed by atoms with Crippen LogP contribution in [0, 0.1) is 0 Å². The van der Waals surface area contributed by atoms with Gasteiger partial charge in [0.25, 0.3) is 0 Å². The zero-order chi connectivity index (χ0) is 12.1. The van der Waals surface area contributed by atoms with Crippen molar-refractivity contribution >= 4 is 12.0 Å². The Kier molecular flexibility index (Phi) is 5.07. The monoisotopic (exact) mass is 218 g/mol. The first-order valence-corrected chi connectivity index (χ1v) is 4.63. The maximum atomic E-state index is 11.2. The van der Waals surface area contributed by atoms with E-state index in [9.17, 15) is 9.59 Å². The van der Waals surface area contributed by atoms with Crippen molar-refractivity contribution in [1.29, 1.82) is 0 Å². The summed E-state index contributed by atoms with van der Waals surface area (Å²) in [6.45, 7) is 4.79. The van der Waals surface area contributed by atoms with Gasteiger partial charge in [0.1, 0.15) is 5.60 Å². The molecule has 0 bridgehead atoms. The minimum atomic E-state index is -0.697. The van der Waals surface area contributed by atoms with Gasteiger partial charge in [-0.2, -0.15) is 0 Å². The average Bonchev–Trinajstić information content (AvgIpc) is 1.98. The molecular weight excluding hydrogens is 200 g/mol. The number of aliphatic hydroxyl groups is 1. The molecule has 0 aliphatic heterocycles. The van der Waals surface area contributed by atoms with Gasteiger partial charge in [0.05, 0.1) is 12.6 Å². The molecule has 0 aromatic carbocycles. The van der Waals surface area contributed by atoms with Gasteiger partial charge in [0, 0.05) is 6.42 Å². The first kappa shape index (κ1) is 13.7. The predicted molar refractivity (Wildman–Crippen MR) is 54.1 cm³/mol. The van der Waals surface area contributed by atoms with E-state index in [1.165, 1.54) is 0 Å². The van der Waals surface area contributed by atoms with E-state index in [-0.39, 0.29) is 13.0 Å². The predicted octanol–water partition coefficient (Wildman–Crippen LogP) is -0.253. The number of nitrogens with one attached hydrogen (secondary N) is 1. The van der Waals surface area contributed by atoms with E-state index in [0.717, 1.165) is 0 Å². The number of carbonyl (C=O) groups is 2. The molecule has 0 saturated heterocycles. The zero-order valence-corrected chi connectivity index (χ0v) is 9.24. The topological polar surface area (TPSA) is 102 Å². The maximum Gasteiger partial charge on any atom is 0.407 e. The first-order chi connectivity index (χ1) is 6.74. The van der Waals surface area contributed by atoms with Crippen molar-refractivity contribution in [2.75, 3.05) is 6.61 Å². The van der Waals surface area contributed by atoms with Crippen molar-refractivity contribution in [1.82, 2.24) is 5.32 Å². The molecule has 0 unspecified atom stereocenters. The third kappa shape index (κ3) is 7.75. The highest BCUT2D eigenvalue weighted by molar-refractivity contribution is 5.76. The molecule has 2 amide bonds. The van der Waals surface area contributed by atoms with E-state index < -0.39 is 23.6 Å². The van der Waals surface area contributed by atoms with E-state index in [1.54, 1.807) is 20.8 Å². The molecule has 6 heteroatoms. The number of nitrogens with two attached hydrogens (primary N) is 1. The molecule has 0 aliphatic carbocycles. The van der Waals surface area contributed by atoms with Gasteiger partial charge >= 0.3 is 6.09 Å². The van der Waals surface area contributed by atoms with Crippen molar-refractivity contribution in [3.05, 3.63) is 0 Å². The summed E-state index contributed by atoms with van der Waals surface area (Å²) in [5, 5.41) is 11.2. The van der Waals surface area contributed by atoms with Crippen LogP contribution >= 0.6 is 0 Å². The summed E-state index contributed by atoms with van der Waals surface area (Å²) in [5.74, 6) is -0.592. The molecule has 6 nitrogen and oxygen atoms in total. The van der Waals surface area contributed by atoms with Gasteiger partial charge in [-0.1, -0.05) is 0 Å². The minimum absolute atomic E-state index is 0.115. The largest absolute Gasteiger partial charge is 0.444 e. The Labute approximate surface area is 88.8 Å². The maximum absolute atomic E-state index is 11.2. The lowest BCUT2D eigenvalue weighted by atomic mass is 10.2. The number of carbonyl (C=O) groups excluding carboxylic acids is 2. The Bertz CT molecular complexity index is 235. The summed E-state index contributed by atoms with van der Waals surface area (Å²) in [5.41, 5.74) is 4.32. The molecule has 15 heavy (non-hydrogen) atoms. The highest BCUT2D eigenvalue weighted by Gasteiger charge is 2.19. The minimum Gasteiger partial charge on any atom is -0.444 e. The third-order valence-corrected chi connectivity index (χ3v) is 1.39. The standard InChI is InChI=1S/C9H18N2O4/c1-9(2,3)15-8(14)11-6(5-12)4-7(10)13/h6,12H,4-5H2,1-3H3,(H2,10,13)(H,11,14)/t6-/m1/s1. The Morgan fingerprint density at radius 3 is 2.33 bits per heavy atom. The van der Waals surface area contributed by atoms with Gasteiger partial charge in [-0.15, -0.1) is 0 Å². The van der Waals surface area contributed by atoms with Crippen LogP contribution in [0.3, 0.4) is 0 Å². The lowest BCUT2D eigenvalue weighted by Crippen LogP contribution is -2.42. The second-order valence-electron chi connectivity index (χ2n) is 4.20. The summed E-state index contributed by atoms with van der Waals surface area (Å²) in [4.78, 5) is 21.8. The third-order valence-electron chi connectivity index (χ3n) is 1.39. The number of alkyl carbamates (subject to hydrolysis) is 1. The summed E-state index contributed by atoms with van der Waals surface area (Å²) >= 11 is 0. The van der Waals surface area contributed by atoms with Gasteiger partial charge in [0.15, 0.2) is 0 Å². The summed E-state index contributed by atoms with van der Waals surface area (Å²) in [6, 6.07) is -0.697. The van der Waals surface area contributed by atoms with Crippen LogP contribution in [0.4, 0.5) is 4.79 Å². The SMILES string of the molecule is CC(C)(C)OC(=O)N[C@@H](CO)CC(N)=O. The van der Waals surface area contributed by atoms with Crippen LogP contribution in [-0.2, 0) is 9.53 Å². The van der Waals surface area contributed by atoms with Gasteiger partial charge in [-0.05, 0) is 20.8 Å². The van der Waals surface area contributed by atoms with E-state index in [1.807, 2.05) is 0 Å². The average molecular weight is 218 g/mol. The lowest BCUT2D eigenvalue weighted by molar-refractivity contribution is -0.118. The molecule has 0 rings (SSSR count). The van der Waals surface area contributed by atoms with Crippen molar-refractivity contribution in [2.45, 2.75) is 38.8 Å². The summed E-state index contributed by atoms with van der Waals surface area (Å²) < 4.78 is 4.94. The molecule has 88 valence electrons. The zero-order valence-electron chi connectivity index (χ0n) is 9.24. The van der Waals surface area contributed by atoms with Crippen LogP contribution < -0.4 is 11.1 Å². The summed E-state index contributed by atoms with van der Waals surface area (Å²) in [7, 11) is 0. The molecule has 0 fully saturated rings. The lowest BCUT2D eigenvalue weighted by Gasteiger charge is -2.22. The molecule has 1 atom stereocenters. The van der Waals surface area contributed by atoms with Crippen LogP contribution in [0.15, 0.2) is 0 Å². The molecule has 0 aromatic rings. The second kappa shape index (κ2) is 5.55. The van der Waals surface area contributed by atoms with Gasteiger partial charge in [-0.25, -0.2) is 4.79 Å². The summed E-state index contributed by atoms with van der Waals surface area (Å²) in [6.07, 6.45) is -0.793. The molecule has 0 aliphatic rings. The molecule has 4 N–H and O–H groups in total. The fraction of sp³-hybridized carbons (Fsp3) is 0.778. The Hall–Kier alpha value is -1.30. The highest BCUT2D eigenvalue weighted by Crippen LogP contribution is 2.06.